The van der Waals surface area contributed by atoms with Crippen molar-refractivity contribution < 1.29 is 14.4 Å². The van der Waals surface area contributed by atoms with Crippen molar-refractivity contribution in [1.29, 1.82) is 0 Å². The molecule has 0 saturated carbocycles. The van der Waals surface area contributed by atoms with Crippen molar-refractivity contribution in [3.63, 3.8) is 0 Å². The van der Waals surface area contributed by atoms with Crippen LogP contribution >= 0.6 is 0 Å². The second-order valence-corrected chi connectivity index (χ2v) is 7.95. The van der Waals surface area contributed by atoms with E-state index in [2.05, 4.69) is 10.3 Å². The van der Waals surface area contributed by atoms with Crippen molar-refractivity contribution in [2.24, 2.45) is 22.2 Å². The molecule has 0 heterocycles. The molecule has 0 saturated heterocycles. The number of aliphatic imine (C=N–C) groups is 1. The van der Waals surface area contributed by atoms with Gasteiger partial charge < -0.3 is 32.2 Å². The molecule has 0 bridgehead atoms. The summed E-state index contributed by atoms with van der Waals surface area (Å²) in [5, 5.41) is 2.62. The number of nitrogens with one attached hydrogen (secondary N) is 1. The van der Waals surface area contributed by atoms with Gasteiger partial charge in [0, 0.05) is 19.5 Å². The topological polar surface area (TPSA) is 157 Å². The number of hydrogen-bond acceptors (Lipinski definition) is 5. The van der Waals surface area contributed by atoms with E-state index in [1.54, 1.807) is 4.90 Å². The number of nitrogens with two attached hydrogens (primary N) is 3. The van der Waals surface area contributed by atoms with E-state index in [1.807, 2.05) is 44.2 Å². The highest BCUT2D eigenvalue weighted by atomic mass is 16.2. The Morgan fingerprint density at radius 2 is 1.88 bits per heavy atom. The van der Waals surface area contributed by atoms with Crippen LogP contribution in [0.2, 0.25) is 0 Å². The Morgan fingerprint density at radius 3 is 2.44 bits per heavy atom. The van der Waals surface area contributed by atoms with Gasteiger partial charge in [-0.25, -0.2) is 0 Å². The third-order valence-corrected chi connectivity index (χ3v) is 5.26. The highest BCUT2D eigenvalue weighted by Gasteiger charge is 2.38. The minimum Gasteiger partial charge on any atom is -0.370 e. The van der Waals surface area contributed by atoms with Gasteiger partial charge in [0.05, 0.1) is 12.6 Å². The van der Waals surface area contributed by atoms with Crippen molar-refractivity contribution in [2.45, 2.75) is 64.0 Å². The predicted molar refractivity (Wildman–Crippen MR) is 127 cm³/mol. The lowest BCUT2D eigenvalue weighted by molar-refractivity contribution is -0.143. The molecule has 7 N–H and O–H groups in total. The Kier molecular flexibility index (Phi) is 12.0. The zero-order valence-corrected chi connectivity index (χ0v) is 19.3. The number of benzene rings is 1. The lowest BCUT2D eigenvalue weighted by Crippen LogP contribution is -2.57. The molecule has 9 nitrogen and oxygen atoms in total. The van der Waals surface area contributed by atoms with Gasteiger partial charge in [0.25, 0.3) is 0 Å². The van der Waals surface area contributed by atoms with E-state index >= 15 is 0 Å². The summed E-state index contributed by atoms with van der Waals surface area (Å²) in [7, 11) is 0. The van der Waals surface area contributed by atoms with Crippen LogP contribution in [0.3, 0.4) is 0 Å². The first kappa shape index (κ1) is 27.1. The quantitative estimate of drug-likeness (QED) is 0.134. The van der Waals surface area contributed by atoms with Crippen LogP contribution in [-0.4, -0.2) is 60.2 Å². The Labute approximate surface area is 190 Å². The minimum atomic E-state index is -0.962. The first-order chi connectivity index (χ1) is 15.3. The second kappa shape index (κ2) is 14.2. The summed E-state index contributed by atoms with van der Waals surface area (Å²) in [6.45, 7) is 4.53. The van der Waals surface area contributed by atoms with Crippen LogP contribution in [0.25, 0.3) is 0 Å². The second-order valence-electron chi connectivity index (χ2n) is 7.95. The van der Waals surface area contributed by atoms with Gasteiger partial charge in [0.2, 0.25) is 11.8 Å². The minimum absolute atomic E-state index is 0.00845. The Morgan fingerprint density at radius 1 is 1.19 bits per heavy atom. The molecule has 0 spiro atoms. The number of carbonyl (C=O) groups is 3. The van der Waals surface area contributed by atoms with E-state index < -0.39 is 17.5 Å². The van der Waals surface area contributed by atoms with E-state index in [0.717, 1.165) is 18.3 Å². The van der Waals surface area contributed by atoms with Crippen molar-refractivity contribution in [2.75, 3.05) is 19.6 Å². The van der Waals surface area contributed by atoms with Crippen LogP contribution in [0.1, 0.15) is 51.5 Å². The number of hydrogen-bond donors (Lipinski definition) is 4. The fourth-order valence-corrected chi connectivity index (χ4v) is 3.72. The van der Waals surface area contributed by atoms with E-state index in [0.29, 0.717) is 45.2 Å². The van der Waals surface area contributed by atoms with Gasteiger partial charge in [-0.1, -0.05) is 50.6 Å². The molecule has 0 aliphatic carbocycles. The van der Waals surface area contributed by atoms with Crippen LogP contribution in [-0.2, 0) is 20.8 Å². The highest BCUT2D eigenvalue weighted by molar-refractivity contribution is 5.89. The van der Waals surface area contributed by atoms with Gasteiger partial charge >= 0.3 is 0 Å². The van der Waals surface area contributed by atoms with E-state index in [-0.39, 0.29) is 18.4 Å². The Bertz CT molecular complexity index is 751. The number of guanidine groups is 1. The molecule has 0 aliphatic heterocycles. The molecule has 2 atom stereocenters. The summed E-state index contributed by atoms with van der Waals surface area (Å²) in [5.74, 6) is -0.731. The molecule has 32 heavy (non-hydrogen) atoms. The van der Waals surface area contributed by atoms with Gasteiger partial charge in [-0.15, -0.1) is 0 Å². The number of amides is 2. The maximum Gasteiger partial charge on any atom is 0.242 e. The summed E-state index contributed by atoms with van der Waals surface area (Å²) >= 11 is 0. The first-order valence-corrected chi connectivity index (χ1v) is 11.2. The molecule has 0 fully saturated rings. The third kappa shape index (κ3) is 8.66. The summed E-state index contributed by atoms with van der Waals surface area (Å²) in [6, 6.07) is 8.87. The molecule has 0 unspecified atom stereocenters. The average Bonchev–Trinajstić information content (AvgIpc) is 2.78. The number of aldehydes is 1. The smallest absolute Gasteiger partial charge is 0.242 e. The van der Waals surface area contributed by atoms with E-state index in [9.17, 15) is 14.4 Å². The lowest BCUT2D eigenvalue weighted by atomic mass is 9.85. The van der Waals surface area contributed by atoms with Crippen LogP contribution in [0, 0.1) is 0 Å². The molecule has 1 rings (SSSR count). The molecular weight excluding hydrogens is 408 g/mol. The monoisotopic (exact) mass is 446 g/mol. The van der Waals surface area contributed by atoms with Gasteiger partial charge in [-0.2, -0.15) is 0 Å². The van der Waals surface area contributed by atoms with Crippen molar-refractivity contribution >= 4 is 24.1 Å². The van der Waals surface area contributed by atoms with Crippen LogP contribution in [0.5, 0.6) is 0 Å². The lowest BCUT2D eigenvalue weighted by Gasteiger charge is -2.40. The average molecular weight is 447 g/mol. The Hall–Kier alpha value is -2.94. The summed E-state index contributed by atoms with van der Waals surface area (Å²) in [4.78, 5) is 43.3. The van der Waals surface area contributed by atoms with Gasteiger partial charge in [0.15, 0.2) is 5.96 Å². The Balaban J connectivity index is 2.85. The zero-order chi connectivity index (χ0) is 24.0. The molecular formula is C23H38N6O3. The van der Waals surface area contributed by atoms with Crippen molar-refractivity contribution in [3.05, 3.63) is 35.9 Å². The molecule has 1 aromatic rings. The predicted octanol–water partition coefficient (Wildman–Crippen LogP) is 0.703. The van der Waals surface area contributed by atoms with E-state index in [1.165, 1.54) is 0 Å². The summed E-state index contributed by atoms with van der Waals surface area (Å²) < 4.78 is 0. The molecule has 2 amide bonds. The fraction of sp³-hybridized carbons (Fsp3) is 0.565. The van der Waals surface area contributed by atoms with Crippen LogP contribution < -0.4 is 22.5 Å². The molecule has 9 heteroatoms. The van der Waals surface area contributed by atoms with Gasteiger partial charge in [0.1, 0.15) is 11.8 Å². The van der Waals surface area contributed by atoms with Crippen LogP contribution in [0.4, 0.5) is 0 Å². The molecule has 0 aromatic heterocycles. The number of rotatable bonds is 15. The first-order valence-electron chi connectivity index (χ1n) is 11.2. The van der Waals surface area contributed by atoms with Crippen molar-refractivity contribution in [1.82, 2.24) is 10.2 Å². The molecule has 1 aromatic carbocycles. The SMILES string of the molecule is CCCN(C(=O)CNC(=O)[C@@H](N)CCCN=C(N)N)[C@@](C=O)(CCC)Cc1ccccc1. The maximum absolute atomic E-state index is 13.1. The standard InChI is InChI=1S/C23H38N6O3/c1-3-12-23(17-30,15-18-9-6-5-7-10-18)29(14-4-2)20(31)16-28-21(32)19(24)11-8-13-27-22(25)26/h5-7,9-10,17,19H,3-4,8,11-16,24H2,1-2H3,(H,28,32)(H4,25,26,27)/t19-,23-/m0/s1. The number of carbonyl (C=O) groups excluding carboxylic acids is 3. The largest absolute Gasteiger partial charge is 0.370 e. The molecule has 178 valence electrons. The fourth-order valence-electron chi connectivity index (χ4n) is 3.72. The maximum atomic E-state index is 13.1. The van der Waals surface area contributed by atoms with E-state index in [4.69, 9.17) is 17.2 Å². The molecule has 0 aliphatic rings. The summed E-state index contributed by atoms with van der Waals surface area (Å²) in [5.41, 5.74) is 16.5. The normalized spacial score (nSPS) is 13.5. The molecule has 0 radical (unpaired) electrons. The number of nitrogens with zero attached hydrogens (tertiary/aromatic N) is 2. The third-order valence-electron chi connectivity index (χ3n) is 5.26. The van der Waals surface area contributed by atoms with Crippen LogP contribution in [0.15, 0.2) is 35.3 Å². The highest BCUT2D eigenvalue weighted by Crippen LogP contribution is 2.25. The summed E-state index contributed by atoms with van der Waals surface area (Å²) in [6.07, 6.45) is 4.21. The zero-order valence-electron chi connectivity index (χ0n) is 19.3. The van der Waals surface area contributed by atoms with Crippen molar-refractivity contribution in [3.8, 4) is 0 Å². The van der Waals surface area contributed by atoms with Gasteiger partial charge in [-0.3, -0.25) is 14.6 Å². The van der Waals surface area contributed by atoms with Gasteiger partial charge in [-0.05, 0) is 31.2 Å².